The van der Waals surface area contributed by atoms with Gasteiger partial charge in [-0.1, -0.05) is 176 Å². The predicted octanol–water partition coefficient (Wildman–Crippen LogP) is 15.9. The summed E-state index contributed by atoms with van der Waals surface area (Å²) in [5.74, 6) is 2.24. The van der Waals surface area contributed by atoms with Crippen molar-refractivity contribution in [3.8, 4) is 84.7 Å². The number of rotatable bonds is 8. The Kier molecular flexibility index (Phi) is 9.84. The molecule has 0 amide bonds. The average Bonchev–Trinajstić information content (AvgIpc) is 4.05. The number of fused-ring (bicyclic) bond motifs is 8. The normalized spacial score (nSPS) is 13.1. The maximum Gasteiger partial charge on any atom is 0.238 e. The molecular formula is C65H42N6O. The van der Waals surface area contributed by atoms with Crippen LogP contribution in [0.25, 0.3) is 118 Å². The highest BCUT2D eigenvalue weighted by molar-refractivity contribution is 6.12. The van der Waals surface area contributed by atoms with Gasteiger partial charge in [0.05, 0.1) is 11.0 Å². The summed E-state index contributed by atoms with van der Waals surface area (Å²) in [5, 5.41) is 2.25. The summed E-state index contributed by atoms with van der Waals surface area (Å²) in [5.41, 5.74) is 18.6. The summed E-state index contributed by atoms with van der Waals surface area (Å²) in [6.07, 6.45) is 2.77. The topological polar surface area (TPSA) is 82.5 Å². The van der Waals surface area contributed by atoms with Crippen molar-refractivity contribution in [1.29, 1.82) is 0 Å². The molecule has 0 aliphatic heterocycles. The van der Waals surface area contributed by atoms with E-state index in [2.05, 4.69) is 180 Å². The summed E-state index contributed by atoms with van der Waals surface area (Å²) in [4.78, 5) is 26.4. The van der Waals surface area contributed by atoms with Gasteiger partial charge in [0.15, 0.2) is 17.2 Å². The first-order valence-electron chi connectivity index (χ1n) is 24.3. The van der Waals surface area contributed by atoms with Crippen LogP contribution in [0.3, 0.4) is 0 Å². The maximum atomic E-state index is 6.28. The van der Waals surface area contributed by atoms with Crippen LogP contribution in [0.15, 0.2) is 241 Å². The van der Waals surface area contributed by atoms with Gasteiger partial charge in [0, 0.05) is 50.8 Å². The minimum Gasteiger partial charge on any atom is -0.436 e. The van der Waals surface area contributed by atoms with Crippen molar-refractivity contribution in [2.75, 3.05) is 0 Å². The van der Waals surface area contributed by atoms with Gasteiger partial charge >= 0.3 is 0 Å². The Morgan fingerprint density at radius 1 is 0.417 bits per heavy atom. The molecule has 1 unspecified atom stereocenters. The summed E-state index contributed by atoms with van der Waals surface area (Å²) >= 11 is 0. The van der Waals surface area contributed by atoms with Gasteiger partial charge in [0.2, 0.25) is 11.8 Å². The van der Waals surface area contributed by atoms with E-state index in [1.807, 2.05) is 60.8 Å². The van der Waals surface area contributed by atoms with Crippen LogP contribution in [0.2, 0.25) is 0 Å². The predicted molar refractivity (Wildman–Crippen MR) is 290 cm³/mol. The second-order valence-corrected chi connectivity index (χ2v) is 18.4. The fourth-order valence-electron chi connectivity index (χ4n) is 10.7. The molecular weight excluding hydrogens is 881 g/mol. The third-order valence-electron chi connectivity index (χ3n) is 14.1. The van der Waals surface area contributed by atoms with Gasteiger partial charge in [-0.3, -0.25) is 9.55 Å². The molecule has 0 N–H and O–H groups in total. The molecule has 0 fully saturated rings. The highest BCUT2D eigenvalue weighted by Gasteiger charge is 2.32. The van der Waals surface area contributed by atoms with Crippen molar-refractivity contribution < 1.29 is 4.42 Å². The monoisotopic (exact) mass is 922 g/mol. The molecule has 1 aliphatic carbocycles. The van der Waals surface area contributed by atoms with Gasteiger partial charge in [0.1, 0.15) is 5.52 Å². The SMILES string of the molecule is c1ccc(-c2cc(-c3ccccc3)cc(-c3nc(-c4ccccc4)nc(-n4c5ccccc5c5ccc6c(c54)C(c4ccc(-c5ccc7nc(-c8ccccc8)oc7c5)cn4)Cc4ccccc4-6)n3)c2)cc1. The lowest BCUT2D eigenvalue weighted by atomic mass is 9.76. The zero-order chi connectivity index (χ0) is 47.5. The van der Waals surface area contributed by atoms with E-state index in [0.717, 1.165) is 95.1 Å². The summed E-state index contributed by atoms with van der Waals surface area (Å²) in [6.45, 7) is 0. The number of hydrogen-bond donors (Lipinski definition) is 0. The Balaban J connectivity index is 0.968. The van der Waals surface area contributed by atoms with E-state index in [1.165, 1.54) is 22.3 Å². The fraction of sp³-hybridized carbons (Fsp3) is 0.0308. The van der Waals surface area contributed by atoms with Gasteiger partial charge < -0.3 is 4.42 Å². The Morgan fingerprint density at radius 2 is 1.03 bits per heavy atom. The van der Waals surface area contributed by atoms with Crippen LogP contribution in [-0.2, 0) is 6.42 Å². The molecule has 7 heteroatoms. The van der Waals surface area contributed by atoms with E-state index in [4.69, 9.17) is 29.3 Å². The second-order valence-electron chi connectivity index (χ2n) is 18.4. The molecule has 1 aliphatic rings. The quantitative estimate of drug-likeness (QED) is 0.151. The molecule has 7 nitrogen and oxygen atoms in total. The van der Waals surface area contributed by atoms with Gasteiger partial charge in [-0.25, -0.2) is 9.97 Å². The molecule has 13 aromatic rings. The zero-order valence-electron chi connectivity index (χ0n) is 38.9. The van der Waals surface area contributed by atoms with Crippen LogP contribution in [0, 0.1) is 0 Å². The van der Waals surface area contributed by atoms with Crippen LogP contribution in [-0.4, -0.2) is 29.5 Å². The highest BCUT2D eigenvalue weighted by Crippen LogP contribution is 2.48. The molecule has 0 bridgehead atoms. The van der Waals surface area contributed by atoms with Crippen molar-refractivity contribution in [3.05, 3.63) is 254 Å². The molecule has 338 valence electrons. The molecule has 14 rings (SSSR count). The van der Waals surface area contributed by atoms with Gasteiger partial charge in [-0.15, -0.1) is 0 Å². The van der Waals surface area contributed by atoms with E-state index >= 15 is 0 Å². The van der Waals surface area contributed by atoms with Gasteiger partial charge in [0.25, 0.3) is 0 Å². The van der Waals surface area contributed by atoms with Crippen LogP contribution in [0.1, 0.15) is 22.7 Å². The highest BCUT2D eigenvalue weighted by atomic mass is 16.3. The number of nitrogens with zero attached hydrogens (tertiary/aromatic N) is 6. The van der Waals surface area contributed by atoms with Crippen molar-refractivity contribution in [1.82, 2.24) is 29.5 Å². The third kappa shape index (κ3) is 7.17. The van der Waals surface area contributed by atoms with Crippen LogP contribution >= 0.6 is 0 Å². The summed E-state index contributed by atoms with van der Waals surface area (Å²) < 4.78 is 8.57. The molecule has 0 saturated carbocycles. The molecule has 0 saturated heterocycles. The number of aromatic nitrogens is 6. The standard InChI is InChI=1S/C65H42N6O/c1-5-17-41(18-6-1)48-35-49(42-19-7-2-8-20-42)37-50(36-48)63-68-62(43-21-9-3-10-22-43)69-65(70-63)71-58-28-16-15-27-52(58)54-32-31-53-51-26-14-13-25-46(51)38-55(60(53)61(54)71)56-33-30-47(40-66-56)45-29-34-57-59(39-45)72-64(67-57)44-23-11-4-12-24-44/h1-37,39-40,55H,38H2. The summed E-state index contributed by atoms with van der Waals surface area (Å²) in [7, 11) is 0. The maximum absolute atomic E-state index is 6.28. The Hall–Kier alpha value is -9.59. The Morgan fingerprint density at radius 3 is 1.74 bits per heavy atom. The summed E-state index contributed by atoms with van der Waals surface area (Å²) in [6, 6.07) is 80.5. The van der Waals surface area contributed by atoms with Gasteiger partial charge in [-0.05, 0) is 111 Å². The van der Waals surface area contributed by atoms with Crippen LogP contribution in [0.5, 0.6) is 0 Å². The van der Waals surface area contributed by atoms with Crippen LogP contribution in [0.4, 0.5) is 0 Å². The number of para-hydroxylation sites is 1. The van der Waals surface area contributed by atoms with Crippen molar-refractivity contribution >= 4 is 32.9 Å². The first-order valence-corrected chi connectivity index (χ1v) is 24.3. The zero-order valence-corrected chi connectivity index (χ0v) is 38.9. The van der Waals surface area contributed by atoms with Gasteiger partial charge in [-0.2, -0.15) is 9.97 Å². The lowest BCUT2D eigenvalue weighted by Gasteiger charge is -2.29. The first-order chi connectivity index (χ1) is 35.7. The number of pyridine rings is 1. The smallest absolute Gasteiger partial charge is 0.238 e. The third-order valence-corrected chi connectivity index (χ3v) is 14.1. The molecule has 4 aromatic heterocycles. The molecule has 1 atom stereocenters. The lowest BCUT2D eigenvalue weighted by molar-refractivity contribution is 0.620. The van der Waals surface area contributed by atoms with Crippen LogP contribution < -0.4 is 0 Å². The van der Waals surface area contributed by atoms with Crippen molar-refractivity contribution in [2.24, 2.45) is 0 Å². The Bertz CT molecular complexity index is 4110. The number of oxazole rings is 1. The van der Waals surface area contributed by atoms with E-state index in [1.54, 1.807) is 0 Å². The lowest BCUT2D eigenvalue weighted by Crippen LogP contribution is -2.16. The number of benzene rings is 9. The fourth-order valence-corrected chi connectivity index (χ4v) is 10.7. The Labute approximate surface area is 415 Å². The van der Waals surface area contributed by atoms with E-state index in [-0.39, 0.29) is 5.92 Å². The van der Waals surface area contributed by atoms with E-state index in [0.29, 0.717) is 23.5 Å². The molecule has 4 heterocycles. The van der Waals surface area contributed by atoms with Crippen molar-refractivity contribution in [2.45, 2.75) is 12.3 Å². The number of hydrogen-bond acceptors (Lipinski definition) is 6. The first kappa shape index (κ1) is 41.4. The minimum absolute atomic E-state index is 0.0909. The van der Waals surface area contributed by atoms with E-state index in [9.17, 15) is 0 Å². The second kappa shape index (κ2) is 17.1. The van der Waals surface area contributed by atoms with E-state index < -0.39 is 0 Å². The molecule has 0 radical (unpaired) electrons. The van der Waals surface area contributed by atoms with Crippen molar-refractivity contribution in [3.63, 3.8) is 0 Å². The molecule has 0 spiro atoms. The average molecular weight is 923 g/mol. The largest absolute Gasteiger partial charge is 0.436 e. The molecule has 72 heavy (non-hydrogen) atoms. The molecule has 9 aromatic carbocycles. The minimum atomic E-state index is -0.0909.